The molecular weight excluding hydrogens is 428 g/mol. The van der Waals surface area contributed by atoms with Crippen LogP contribution in [0.15, 0.2) is 71.8 Å². The van der Waals surface area contributed by atoms with Gasteiger partial charge in [-0.15, -0.1) is 0 Å². The summed E-state index contributed by atoms with van der Waals surface area (Å²) in [5.41, 5.74) is 1.42. The lowest BCUT2D eigenvalue weighted by molar-refractivity contribution is -0.0440. The van der Waals surface area contributed by atoms with Crippen LogP contribution in [-0.4, -0.2) is 53.7 Å². The zero-order valence-electron chi connectivity index (χ0n) is 18.0. The number of nitrogens with zero attached hydrogens (tertiary/aromatic N) is 3. The molecule has 9 heteroatoms. The Morgan fingerprint density at radius 1 is 1.03 bits per heavy atom. The van der Waals surface area contributed by atoms with Crippen molar-refractivity contribution in [3.63, 3.8) is 0 Å². The molecule has 1 fully saturated rings. The number of sulfonamides is 1. The monoisotopic (exact) mass is 454 g/mol. The number of carbonyl (C=O) groups is 1. The Kier molecular flexibility index (Phi) is 6.40. The number of ether oxygens (including phenoxy) is 1. The van der Waals surface area contributed by atoms with E-state index in [9.17, 15) is 13.2 Å². The van der Waals surface area contributed by atoms with Crippen LogP contribution in [0, 0.1) is 0 Å². The van der Waals surface area contributed by atoms with Crippen LogP contribution in [0.25, 0.3) is 0 Å². The third-order valence-corrected chi connectivity index (χ3v) is 7.12. The van der Waals surface area contributed by atoms with E-state index in [0.717, 1.165) is 5.56 Å². The molecule has 0 radical (unpaired) electrons. The van der Waals surface area contributed by atoms with Crippen molar-refractivity contribution in [2.75, 3.05) is 18.4 Å². The molecule has 1 saturated heterocycles. The van der Waals surface area contributed by atoms with Crippen LogP contribution >= 0.6 is 0 Å². The first kappa shape index (κ1) is 22.2. The number of morpholine rings is 1. The molecular formula is C23H26N4O4S. The van der Waals surface area contributed by atoms with Gasteiger partial charge in [-0.1, -0.05) is 30.3 Å². The molecule has 1 aliphatic heterocycles. The van der Waals surface area contributed by atoms with E-state index in [-0.39, 0.29) is 23.0 Å². The van der Waals surface area contributed by atoms with Gasteiger partial charge in [0.1, 0.15) is 5.82 Å². The largest absolute Gasteiger partial charge is 0.373 e. The maximum Gasteiger partial charge on any atom is 0.256 e. The van der Waals surface area contributed by atoms with E-state index in [4.69, 9.17) is 4.74 Å². The molecule has 0 bridgehead atoms. The fraction of sp³-hybridized carbons (Fsp3) is 0.304. The Hall–Kier alpha value is -3.01. The average molecular weight is 455 g/mol. The summed E-state index contributed by atoms with van der Waals surface area (Å²) in [6.45, 7) is 4.85. The topological polar surface area (TPSA) is 93.5 Å². The van der Waals surface area contributed by atoms with Crippen molar-refractivity contribution in [1.29, 1.82) is 0 Å². The number of anilines is 1. The number of hydrogen-bond acceptors (Lipinski definition) is 5. The zero-order chi connectivity index (χ0) is 22.7. The van der Waals surface area contributed by atoms with E-state index in [0.29, 0.717) is 31.0 Å². The second kappa shape index (κ2) is 9.23. The first-order valence-electron chi connectivity index (χ1n) is 10.5. The highest BCUT2D eigenvalue weighted by atomic mass is 32.2. The molecule has 4 rings (SSSR count). The molecule has 0 aliphatic carbocycles. The van der Waals surface area contributed by atoms with Gasteiger partial charge in [0.05, 0.1) is 29.8 Å². The van der Waals surface area contributed by atoms with Crippen LogP contribution in [0.4, 0.5) is 5.82 Å². The van der Waals surface area contributed by atoms with E-state index >= 15 is 0 Å². The summed E-state index contributed by atoms with van der Waals surface area (Å²) in [5.74, 6) is 0.226. The van der Waals surface area contributed by atoms with E-state index in [1.165, 1.54) is 28.6 Å². The minimum absolute atomic E-state index is 0.157. The fourth-order valence-corrected chi connectivity index (χ4v) is 5.35. The highest BCUT2D eigenvalue weighted by Crippen LogP contribution is 2.22. The molecule has 2 aromatic carbocycles. The molecule has 8 nitrogen and oxygen atoms in total. The van der Waals surface area contributed by atoms with Gasteiger partial charge in [-0.3, -0.25) is 4.79 Å². The fourth-order valence-electron chi connectivity index (χ4n) is 3.76. The lowest BCUT2D eigenvalue weighted by Crippen LogP contribution is -2.48. The van der Waals surface area contributed by atoms with Crippen molar-refractivity contribution in [3.05, 3.63) is 78.0 Å². The molecule has 168 valence electrons. The number of nitrogens with one attached hydrogen (secondary N) is 1. The van der Waals surface area contributed by atoms with Gasteiger partial charge in [-0.05, 0) is 43.7 Å². The normalized spacial score (nSPS) is 19.6. The Morgan fingerprint density at radius 2 is 1.69 bits per heavy atom. The second-order valence-corrected chi connectivity index (χ2v) is 9.86. The number of carbonyl (C=O) groups excluding carboxylic acids is 1. The minimum atomic E-state index is -3.65. The Labute approximate surface area is 187 Å². The van der Waals surface area contributed by atoms with Crippen molar-refractivity contribution >= 4 is 21.7 Å². The maximum atomic E-state index is 13.0. The van der Waals surface area contributed by atoms with Crippen molar-refractivity contribution < 1.29 is 17.9 Å². The first-order valence-corrected chi connectivity index (χ1v) is 11.9. The van der Waals surface area contributed by atoms with Crippen molar-refractivity contribution in [3.8, 4) is 0 Å². The summed E-state index contributed by atoms with van der Waals surface area (Å²) in [6.07, 6.45) is 1.29. The zero-order valence-corrected chi connectivity index (χ0v) is 18.8. The average Bonchev–Trinajstić information content (AvgIpc) is 3.20. The van der Waals surface area contributed by atoms with Crippen molar-refractivity contribution in [2.24, 2.45) is 0 Å². The second-order valence-electron chi connectivity index (χ2n) is 7.92. The van der Waals surface area contributed by atoms with Gasteiger partial charge in [-0.2, -0.15) is 9.40 Å². The molecule has 3 aromatic rings. The summed E-state index contributed by atoms with van der Waals surface area (Å²) in [7, 11) is -3.65. The molecule has 1 amide bonds. The number of rotatable bonds is 6. The number of amides is 1. The van der Waals surface area contributed by atoms with Gasteiger partial charge in [0.25, 0.3) is 5.91 Å². The van der Waals surface area contributed by atoms with E-state index in [1.807, 2.05) is 44.2 Å². The number of benzene rings is 2. The summed E-state index contributed by atoms with van der Waals surface area (Å²) in [5, 5.41) is 7.12. The van der Waals surface area contributed by atoms with Crippen molar-refractivity contribution in [2.45, 2.75) is 37.5 Å². The Bertz CT molecular complexity index is 1170. The molecule has 1 aliphatic rings. The number of aromatic nitrogens is 2. The maximum absolute atomic E-state index is 13.0. The van der Waals surface area contributed by atoms with Crippen LogP contribution in [0.1, 0.15) is 29.8 Å². The summed E-state index contributed by atoms with van der Waals surface area (Å²) < 4.78 is 34.7. The van der Waals surface area contributed by atoms with Crippen LogP contribution in [0.5, 0.6) is 0 Å². The Morgan fingerprint density at radius 3 is 2.34 bits per heavy atom. The Balaban J connectivity index is 1.46. The van der Waals surface area contributed by atoms with Gasteiger partial charge in [0, 0.05) is 24.7 Å². The van der Waals surface area contributed by atoms with Crippen LogP contribution < -0.4 is 5.32 Å². The standard InChI is InChI=1S/C23H26N4O4S/c1-17-14-26(15-18(2)31-17)32(29,30)21-10-8-20(9-11-21)23(28)25-22-12-13-24-27(22)16-19-6-4-3-5-7-19/h3-13,17-18H,14-16H2,1-2H3,(H,25,28)/t17-,18+. The highest BCUT2D eigenvalue weighted by molar-refractivity contribution is 7.89. The summed E-state index contributed by atoms with van der Waals surface area (Å²) in [4.78, 5) is 12.9. The molecule has 0 saturated carbocycles. The molecule has 2 atom stereocenters. The molecule has 1 N–H and O–H groups in total. The van der Waals surface area contributed by atoms with Crippen LogP contribution in [-0.2, 0) is 21.3 Å². The molecule has 0 unspecified atom stereocenters. The van der Waals surface area contributed by atoms with E-state index in [2.05, 4.69) is 10.4 Å². The predicted octanol–water partition coefficient (Wildman–Crippen LogP) is 2.98. The molecule has 1 aromatic heterocycles. The van der Waals surface area contributed by atoms with Crippen LogP contribution in [0.3, 0.4) is 0 Å². The van der Waals surface area contributed by atoms with Gasteiger partial charge < -0.3 is 10.1 Å². The quantitative estimate of drug-likeness (QED) is 0.618. The van der Waals surface area contributed by atoms with Gasteiger partial charge in [0.2, 0.25) is 10.0 Å². The van der Waals surface area contributed by atoms with E-state index < -0.39 is 10.0 Å². The lowest BCUT2D eigenvalue weighted by atomic mass is 10.2. The first-order chi connectivity index (χ1) is 15.3. The SMILES string of the molecule is C[C@@H]1CN(S(=O)(=O)c2ccc(C(=O)Nc3ccnn3Cc3ccccc3)cc2)C[C@H](C)O1. The molecule has 0 spiro atoms. The number of hydrogen-bond donors (Lipinski definition) is 1. The minimum Gasteiger partial charge on any atom is -0.373 e. The van der Waals surface area contributed by atoms with Gasteiger partial charge in [0.15, 0.2) is 0 Å². The van der Waals surface area contributed by atoms with Gasteiger partial charge in [-0.25, -0.2) is 13.1 Å². The van der Waals surface area contributed by atoms with Crippen LogP contribution in [0.2, 0.25) is 0 Å². The third kappa shape index (κ3) is 4.90. The smallest absolute Gasteiger partial charge is 0.256 e. The lowest BCUT2D eigenvalue weighted by Gasteiger charge is -2.34. The highest BCUT2D eigenvalue weighted by Gasteiger charge is 2.32. The predicted molar refractivity (Wildman–Crippen MR) is 121 cm³/mol. The van der Waals surface area contributed by atoms with Crippen molar-refractivity contribution in [1.82, 2.24) is 14.1 Å². The van der Waals surface area contributed by atoms with Gasteiger partial charge >= 0.3 is 0 Å². The third-order valence-electron chi connectivity index (χ3n) is 5.27. The summed E-state index contributed by atoms with van der Waals surface area (Å²) in [6, 6.07) is 17.5. The van der Waals surface area contributed by atoms with E-state index in [1.54, 1.807) is 16.9 Å². The molecule has 32 heavy (non-hydrogen) atoms. The molecule has 2 heterocycles. The summed E-state index contributed by atoms with van der Waals surface area (Å²) >= 11 is 0.